The van der Waals surface area contributed by atoms with Crippen LogP contribution in [0, 0.1) is 0 Å². The normalized spacial score (nSPS) is 6.57. The van der Waals surface area contributed by atoms with E-state index in [-0.39, 0.29) is 0 Å². The molecule has 0 aromatic carbocycles. The van der Waals surface area contributed by atoms with E-state index in [1.165, 1.54) is 11.5 Å². The van der Waals surface area contributed by atoms with Gasteiger partial charge < -0.3 is 0 Å². The molecule has 40 valence electrons. The van der Waals surface area contributed by atoms with Gasteiger partial charge in [0.1, 0.15) is 0 Å². The minimum absolute atomic E-state index is 1.35. The minimum atomic E-state index is 1.35. The summed E-state index contributed by atoms with van der Waals surface area (Å²) in [6.07, 6.45) is 1.66. The molecule has 7 heavy (non-hydrogen) atoms. The van der Waals surface area contributed by atoms with Gasteiger partial charge >= 0.3 is 0 Å². The van der Waals surface area contributed by atoms with Crippen molar-refractivity contribution in [3.8, 4) is 0 Å². The maximum absolute atomic E-state index is 4.00. The first-order chi connectivity index (χ1) is 3.50. The van der Waals surface area contributed by atoms with Gasteiger partial charge in [-0.1, -0.05) is 4.49 Å². The third kappa shape index (κ3) is 3.31. The van der Waals surface area contributed by atoms with Gasteiger partial charge in [0, 0.05) is 5.38 Å². The molecular formula is C2H6N4S. The third-order valence-corrected chi connectivity index (χ3v) is 0.715. The summed E-state index contributed by atoms with van der Waals surface area (Å²) in [5.41, 5.74) is 0. The summed E-state index contributed by atoms with van der Waals surface area (Å²) in [5, 5.41) is 5.31. The summed E-state index contributed by atoms with van der Waals surface area (Å²) in [7, 11) is 0. The zero-order valence-corrected chi connectivity index (χ0v) is 4.43. The molecule has 0 aliphatic rings. The summed E-state index contributed by atoms with van der Waals surface area (Å²) in [6.45, 7) is 0. The lowest BCUT2D eigenvalue weighted by atomic mass is 11.1. The number of nitrogens with two attached hydrogens (primary N) is 2. The lowest BCUT2D eigenvalue weighted by Crippen LogP contribution is -2.02. The van der Waals surface area contributed by atoms with Gasteiger partial charge in [-0.15, -0.1) is 5.10 Å². The van der Waals surface area contributed by atoms with Crippen LogP contribution in [0.2, 0.25) is 0 Å². The Hall–Kier alpha value is -0.520. The predicted octanol–water partition coefficient (Wildman–Crippen LogP) is -0.643. The average molecular weight is 118 g/mol. The number of hydrogen-bond donors (Lipinski definition) is 2. The van der Waals surface area contributed by atoms with Crippen LogP contribution in [0.5, 0.6) is 0 Å². The van der Waals surface area contributed by atoms with Crippen molar-refractivity contribution in [3.63, 3.8) is 0 Å². The molecule has 0 saturated carbocycles. The molecule has 0 fully saturated rings. The van der Waals surface area contributed by atoms with E-state index in [0.29, 0.717) is 0 Å². The molecule has 0 aliphatic carbocycles. The van der Waals surface area contributed by atoms with E-state index in [2.05, 4.69) is 21.3 Å². The second-order valence-corrected chi connectivity index (χ2v) is 1.23. The Labute approximate surface area is 45.3 Å². The zero-order chi connectivity index (χ0) is 5.54. The molecule has 0 radical (unpaired) electrons. The summed E-state index contributed by atoms with van der Waals surface area (Å²) in [4.78, 5) is 0. The van der Waals surface area contributed by atoms with Gasteiger partial charge in [-0.3, -0.25) is 11.7 Å². The van der Waals surface area contributed by atoms with Crippen molar-refractivity contribution in [2.45, 2.75) is 0 Å². The van der Waals surface area contributed by atoms with Crippen molar-refractivity contribution in [2.24, 2.45) is 11.7 Å². The first-order valence-corrected chi connectivity index (χ1v) is 2.38. The van der Waals surface area contributed by atoms with E-state index in [0.717, 1.165) is 0 Å². The summed E-state index contributed by atoms with van der Waals surface area (Å²) in [5.74, 6) is 8.00. The Morgan fingerprint density at radius 2 is 2.14 bits per heavy atom. The smallest absolute Gasteiger partial charge is 0.0620 e. The van der Waals surface area contributed by atoms with Gasteiger partial charge in [-0.25, -0.2) is 0 Å². The zero-order valence-electron chi connectivity index (χ0n) is 3.61. The first kappa shape index (κ1) is 6.48. The predicted molar refractivity (Wildman–Crippen MR) is 28.3 cm³/mol. The summed E-state index contributed by atoms with van der Waals surface area (Å²) < 4.78 is 3.51. The average Bonchev–Trinajstić information content (AvgIpc) is 2.23. The molecular weight excluding hydrogens is 112 g/mol. The van der Waals surface area contributed by atoms with Crippen molar-refractivity contribution in [1.29, 1.82) is 0 Å². The van der Waals surface area contributed by atoms with Crippen molar-refractivity contribution in [1.82, 2.24) is 9.59 Å². The Kier molecular flexibility index (Phi) is 5.07. The topological polar surface area (TPSA) is 77.8 Å². The molecule has 4 N–H and O–H groups in total. The molecule has 0 unspecified atom stereocenters. The summed E-state index contributed by atoms with van der Waals surface area (Å²) >= 11 is 1.35. The fraction of sp³-hybridized carbons (Fsp3) is 0. The van der Waals surface area contributed by atoms with E-state index < -0.39 is 0 Å². The molecule has 0 saturated heterocycles. The molecule has 1 heterocycles. The number of rotatable bonds is 0. The number of aromatic nitrogens is 2. The van der Waals surface area contributed by atoms with Crippen LogP contribution in [-0.4, -0.2) is 9.59 Å². The number of hydrazine groups is 1. The summed E-state index contributed by atoms with van der Waals surface area (Å²) in [6, 6.07) is 0. The van der Waals surface area contributed by atoms with Crippen LogP contribution in [0.1, 0.15) is 0 Å². The van der Waals surface area contributed by atoms with Gasteiger partial charge in [0.15, 0.2) is 0 Å². The highest BCUT2D eigenvalue weighted by molar-refractivity contribution is 7.03. The number of nitrogens with zero attached hydrogens (tertiary/aromatic N) is 2. The van der Waals surface area contributed by atoms with E-state index in [9.17, 15) is 0 Å². The first-order valence-electron chi connectivity index (χ1n) is 1.54. The molecule has 0 bridgehead atoms. The van der Waals surface area contributed by atoms with Gasteiger partial charge in [0.25, 0.3) is 0 Å². The molecule has 1 aromatic rings. The Balaban J connectivity index is 0.000000162. The van der Waals surface area contributed by atoms with Crippen LogP contribution in [0.4, 0.5) is 0 Å². The van der Waals surface area contributed by atoms with Gasteiger partial charge in [-0.2, -0.15) is 0 Å². The van der Waals surface area contributed by atoms with Crippen molar-refractivity contribution >= 4 is 11.5 Å². The van der Waals surface area contributed by atoms with Gasteiger partial charge in [-0.05, 0) is 11.5 Å². The van der Waals surface area contributed by atoms with Crippen LogP contribution in [0.3, 0.4) is 0 Å². The van der Waals surface area contributed by atoms with E-state index in [4.69, 9.17) is 0 Å². The van der Waals surface area contributed by atoms with Crippen LogP contribution in [0.25, 0.3) is 0 Å². The maximum Gasteiger partial charge on any atom is 0.0620 e. The minimum Gasteiger partial charge on any atom is -0.274 e. The quantitative estimate of drug-likeness (QED) is 0.351. The van der Waals surface area contributed by atoms with Crippen molar-refractivity contribution < 1.29 is 0 Å². The highest BCUT2D eigenvalue weighted by atomic mass is 32.1. The Morgan fingerprint density at radius 3 is 2.29 bits per heavy atom. The fourth-order valence-corrected chi connectivity index (χ4v) is 0.408. The van der Waals surface area contributed by atoms with Crippen LogP contribution in [-0.2, 0) is 0 Å². The number of hydrogen-bond acceptors (Lipinski definition) is 5. The SMILES string of the molecule is NN.c1csnn1. The van der Waals surface area contributed by atoms with Crippen LogP contribution >= 0.6 is 11.5 Å². The molecule has 0 atom stereocenters. The van der Waals surface area contributed by atoms with E-state index >= 15 is 0 Å². The highest BCUT2D eigenvalue weighted by Gasteiger charge is 1.61. The lowest BCUT2D eigenvalue weighted by Gasteiger charge is -1.40. The van der Waals surface area contributed by atoms with Crippen LogP contribution in [0.15, 0.2) is 11.6 Å². The standard InChI is InChI=1S/C2H2N2S.H4N2/c1-2-5-4-3-1;1-2/h1-2H;1-2H2. The third-order valence-electron chi connectivity index (χ3n) is 0.283. The van der Waals surface area contributed by atoms with Gasteiger partial charge in [0.05, 0.1) is 6.20 Å². The Bertz CT molecular complexity index is 66.2. The Morgan fingerprint density at radius 1 is 1.43 bits per heavy atom. The van der Waals surface area contributed by atoms with Crippen molar-refractivity contribution in [2.75, 3.05) is 0 Å². The lowest BCUT2D eigenvalue weighted by molar-refractivity contribution is 1.16. The van der Waals surface area contributed by atoms with Crippen LogP contribution < -0.4 is 11.7 Å². The molecule has 5 heteroatoms. The molecule has 4 nitrogen and oxygen atoms in total. The molecule has 0 amide bonds. The molecule has 1 rings (SSSR count). The molecule has 1 aromatic heterocycles. The molecule has 0 aliphatic heterocycles. The maximum atomic E-state index is 4.00. The van der Waals surface area contributed by atoms with Crippen molar-refractivity contribution in [3.05, 3.63) is 11.6 Å². The van der Waals surface area contributed by atoms with E-state index in [1.54, 1.807) is 6.20 Å². The fourth-order valence-electron chi connectivity index (χ4n) is 0.136. The molecule has 0 spiro atoms. The second-order valence-electron chi connectivity index (χ2n) is 0.588. The monoisotopic (exact) mass is 118 g/mol. The largest absolute Gasteiger partial charge is 0.274 e. The van der Waals surface area contributed by atoms with E-state index in [1.807, 2.05) is 5.38 Å². The van der Waals surface area contributed by atoms with Gasteiger partial charge in [0.2, 0.25) is 0 Å². The highest BCUT2D eigenvalue weighted by Crippen LogP contribution is 1.78. The second kappa shape index (κ2) is 5.48.